The van der Waals surface area contributed by atoms with E-state index in [4.69, 9.17) is 5.11 Å². The van der Waals surface area contributed by atoms with Gasteiger partial charge in [-0.1, -0.05) is 13.3 Å². The molecule has 0 fully saturated rings. The molecule has 1 aromatic carbocycles. The van der Waals surface area contributed by atoms with E-state index in [0.717, 1.165) is 29.4 Å². The number of carboxylic acid groups (broad SMARTS) is 1. The Morgan fingerprint density at radius 2 is 2.11 bits per heavy atom. The van der Waals surface area contributed by atoms with Crippen LogP contribution in [0.25, 0.3) is 10.9 Å². The van der Waals surface area contributed by atoms with Gasteiger partial charge in [0, 0.05) is 23.1 Å². The number of hydrogen-bond acceptors (Lipinski definition) is 2. The lowest BCUT2D eigenvalue weighted by molar-refractivity contribution is 0.0697. The molecule has 0 saturated heterocycles. The van der Waals surface area contributed by atoms with Crippen molar-refractivity contribution in [1.29, 1.82) is 0 Å². The maximum Gasteiger partial charge on any atom is 0.335 e. The molecule has 2 aromatic rings. The first kappa shape index (κ1) is 13.6. The quantitative estimate of drug-likeness (QED) is 0.869. The number of benzene rings is 1. The van der Waals surface area contributed by atoms with Gasteiger partial charge in [0.1, 0.15) is 0 Å². The van der Waals surface area contributed by atoms with Gasteiger partial charge in [0.15, 0.2) is 0 Å². The lowest BCUT2D eigenvalue weighted by atomic mass is 10.0. The zero-order chi connectivity index (χ0) is 14.0. The van der Waals surface area contributed by atoms with Gasteiger partial charge < -0.3 is 14.8 Å². The van der Waals surface area contributed by atoms with Crippen molar-refractivity contribution in [3.63, 3.8) is 0 Å². The molecule has 4 heteroatoms. The minimum Gasteiger partial charge on any atom is -0.478 e. The third kappa shape index (κ3) is 2.36. The van der Waals surface area contributed by atoms with E-state index in [2.05, 4.69) is 11.5 Å². The van der Waals surface area contributed by atoms with Crippen molar-refractivity contribution in [2.24, 2.45) is 0 Å². The minimum atomic E-state index is -0.906. The van der Waals surface area contributed by atoms with E-state index in [-0.39, 0.29) is 6.61 Å². The summed E-state index contributed by atoms with van der Waals surface area (Å²) in [4.78, 5) is 11.1. The smallest absolute Gasteiger partial charge is 0.335 e. The standard InChI is InChI=1S/C15H19NO3/c1-3-4-12-10(2)16(7-8-17)14-6-5-11(15(18)19)9-13(12)14/h5-6,9,17H,3-4,7-8H2,1-2H3,(H,18,19). The highest BCUT2D eigenvalue weighted by molar-refractivity contribution is 5.95. The molecule has 0 amide bonds. The van der Waals surface area contributed by atoms with Gasteiger partial charge in [-0.2, -0.15) is 0 Å². The Balaban J connectivity index is 2.70. The number of fused-ring (bicyclic) bond motifs is 1. The van der Waals surface area contributed by atoms with Crippen LogP contribution in [0.15, 0.2) is 18.2 Å². The Kier molecular flexibility index (Phi) is 3.90. The SMILES string of the molecule is CCCc1c(C)n(CCO)c2ccc(C(=O)O)cc12. The van der Waals surface area contributed by atoms with Crippen molar-refractivity contribution in [1.82, 2.24) is 4.57 Å². The molecule has 2 rings (SSSR count). The Morgan fingerprint density at radius 1 is 1.37 bits per heavy atom. The molecule has 0 aliphatic heterocycles. The molecular weight excluding hydrogens is 242 g/mol. The van der Waals surface area contributed by atoms with E-state index in [1.807, 2.05) is 13.0 Å². The topological polar surface area (TPSA) is 62.5 Å². The Bertz CT molecular complexity index is 613. The second kappa shape index (κ2) is 5.45. The zero-order valence-electron chi connectivity index (χ0n) is 11.3. The number of carbonyl (C=O) groups is 1. The monoisotopic (exact) mass is 261 g/mol. The van der Waals surface area contributed by atoms with Crippen LogP contribution >= 0.6 is 0 Å². The normalized spacial score (nSPS) is 11.1. The van der Waals surface area contributed by atoms with Crippen LogP contribution in [0.2, 0.25) is 0 Å². The molecule has 0 aliphatic rings. The number of carboxylic acids is 1. The highest BCUT2D eigenvalue weighted by Crippen LogP contribution is 2.28. The number of rotatable bonds is 5. The molecular formula is C15H19NO3. The molecule has 4 nitrogen and oxygen atoms in total. The summed E-state index contributed by atoms with van der Waals surface area (Å²) in [5.74, 6) is -0.906. The van der Waals surface area contributed by atoms with E-state index in [9.17, 15) is 9.90 Å². The van der Waals surface area contributed by atoms with Gasteiger partial charge in [-0.25, -0.2) is 4.79 Å². The summed E-state index contributed by atoms with van der Waals surface area (Å²) in [5.41, 5.74) is 3.62. The zero-order valence-corrected chi connectivity index (χ0v) is 11.3. The van der Waals surface area contributed by atoms with Gasteiger partial charge in [0.05, 0.1) is 12.2 Å². The molecule has 0 saturated carbocycles. The summed E-state index contributed by atoms with van der Waals surface area (Å²) in [5, 5.41) is 19.3. The van der Waals surface area contributed by atoms with Crippen LogP contribution < -0.4 is 0 Å². The Hall–Kier alpha value is -1.81. The summed E-state index contributed by atoms with van der Waals surface area (Å²) in [6.07, 6.45) is 1.93. The minimum absolute atomic E-state index is 0.0802. The molecule has 0 radical (unpaired) electrons. The molecule has 1 heterocycles. The molecule has 2 N–H and O–H groups in total. The molecule has 1 aromatic heterocycles. The second-order valence-corrected chi connectivity index (χ2v) is 4.73. The summed E-state index contributed by atoms with van der Waals surface area (Å²) >= 11 is 0. The third-order valence-corrected chi connectivity index (χ3v) is 3.52. The van der Waals surface area contributed by atoms with Gasteiger partial charge in [0.2, 0.25) is 0 Å². The molecule has 0 unspecified atom stereocenters. The molecule has 0 atom stereocenters. The lowest BCUT2D eigenvalue weighted by Crippen LogP contribution is -2.04. The van der Waals surface area contributed by atoms with Crippen LogP contribution in [-0.4, -0.2) is 27.4 Å². The van der Waals surface area contributed by atoms with Crippen molar-refractivity contribution in [3.05, 3.63) is 35.0 Å². The third-order valence-electron chi connectivity index (χ3n) is 3.52. The first-order chi connectivity index (χ1) is 9.10. The van der Waals surface area contributed by atoms with Crippen LogP contribution in [-0.2, 0) is 13.0 Å². The highest BCUT2D eigenvalue weighted by Gasteiger charge is 2.15. The summed E-state index contributed by atoms with van der Waals surface area (Å²) in [6.45, 7) is 4.76. The summed E-state index contributed by atoms with van der Waals surface area (Å²) in [7, 11) is 0. The van der Waals surface area contributed by atoms with Crippen molar-refractivity contribution in [3.8, 4) is 0 Å². The number of aliphatic hydroxyl groups excluding tert-OH is 1. The molecule has 102 valence electrons. The van der Waals surface area contributed by atoms with E-state index in [1.165, 1.54) is 5.56 Å². The fourth-order valence-electron chi connectivity index (χ4n) is 2.64. The van der Waals surface area contributed by atoms with Gasteiger partial charge in [-0.3, -0.25) is 0 Å². The van der Waals surface area contributed by atoms with E-state index in [0.29, 0.717) is 12.1 Å². The lowest BCUT2D eigenvalue weighted by Gasteiger charge is -2.06. The number of aliphatic hydroxyl groups is 1. The number of aromatic carboxylic acids is 1. The number of aryl methyl sites for hydroxylation is 1. The second-order valence-electron chi connectivity index (χ2n) is 4.73. The van der Waals surface area contributed by atoms with E-state index < -0.39 is 5.97 Å². The average Bonchev–Trinajstić information content (AvgIpc) is 2.64. The number of aromatic nitrogens is 1. The van der Waals surface area contributed by atoms with Crippen LogP contribution in [0.3, 0.4) is 0 Å². The molecule has 0 spiro atoms. The van der Waals surface area contributed by atoms with E-state index in [1.54, 1.807) is 12.1 Å². The average molecular weight is 261 g/mol. The number of nitrogens with zero attached hydrogens (tertiary/aromatic N) is 1. The van der Waals surface area contributed by atoms with Gasteiger partial charge in [-0.05, 0) is 37.1 Å². The summed E-state index contributed by atoms with van der Waals surface area (Å²) < 4.78 is 2.06. The van der Waals surface area contributed by atoms with Crippen LogP contribution in [0.4, 0.5) is 0 Å². The summed E-state index contributed by atoms with van der Waals surface area (Å²) in [6, 6.07) is 5.19. The molecule has 0 aliphatic carbocycles. The highest BCUT2D eigenvalue weighted by atomic mass is 16.4. The van der Waals surface area contributed by atoms with Crippen molar-refractivity contribution < 1.29 is 15.0 Å². The van der Waals surface area contributed by atoms with Crippen molar-refractivity contribution in [2.45, 2.75) is 33.2 Å². The molecule has 0 bridgehead atoms. The van der Waals surface area contributed by atoms with Crippen LogP contribution in [0.1, 0.15) is 35.0 Å². The predicted octanol–water partition coefficient (Wildman–Crippen LogP) is 2.59. The fourth-order valence-corrected chi connectivity index (χ4v) is 2.64. The maximum absolute atomic E-state index is 11.1. The van der Waals surface area contributed by atoms with Crippen LogP contribution in [0, 0.1) is 6.92 Å². The van der Waals surface area contributed by atoms with Gasteiger partial charge in [-0.15, -0.1) is 0 Å². The van der Waals surface area contributed by atoms with E-state index >= 15 is 0 Å². The van der Waals surface area contributed by atoms with Crippen LogP contribution in [0.5, 0.6) is 0 Å². The predicted molar refractivity (Wildman–Crippen MR) is 74.7 cm³/mol. The first-order valence-corrected chi connectivity index (χ1v) is 6.56. The van der Waals surface area contributed by atoms with Crippen molar-refractivity contribution in [2.75, 3.05) is 6.61 Å². The molecule has 19 heavy (non-hydrogen) atoms. The van der Waals surface area contributed by atoms with Crippen molar-refractivity contribution >= 4 is 16.9 Å². The first-order valence-electron chi connectivity index (χ1n) is 6.56. The fraction of sp³-hybridized carbons (Fsp3) is 0.400. The number of hydrogen-bond donors (Lipinski definition) is 2. The van der Waals surface area contributed by atoms with Gasteiger partial charge >= 0.3 is 5.97 Å². The Morgan fingerprint density at radius 3 is 2.68 bits per heavy atom. The maximum atomic E-state index is 11.1. The van der Waals surface area contributed by atoms with Gasteiger partial charge in [0.25, 0.3) is 0 Å². The largest absolute Gasteiger partial charge is 0.478 e. The Labute approximate surface area is 112 Å².